The Bertz CT molecular complexity index is 141. The monoisotopic (exact) mass is 126 g/mol. The predicted octanol–water partition coefficient (Wildman–Crippen LogP) is 1.58. The highest BCUT2D eigenvalue weighted by atomic mass is 16.4. The van der Waals surface area contributed by atoms with Gasteiger partial charge in [0.05, 0.1) is 6.08 Å². The molecule has 0 aromatic heterocycles. The number of carboxylic acid groups (broad SMARTS) is 1. The normalized spacial score (nSPS) is 7.67. The van der Waals surface area contributed by atoms with E-state index in [0.29, 0.717) is 0 Å². The van der Waals surface area contributed by atoms with Crippen molar-refractivity contribution in [2.24, 2.45) is 0 Å². The van der Waals surface area contributed by atoms with Gasteiger partial charge in [-0.15, -0.1) is 5.73 Å². The molecule has 50 valence electrons. The van der Waals surface area contributed by atoms with Gasteiger partial charge in [-0.25, -0.2) is 4.79 Å². The summed E-state index contributed by atoms with van der Waals surface area (Å²) < 4.78 is 0. The van der Waals surface area contributed by atoms with Crippen molar-refractivity contribution in [3.63, 3.8) is 0 Å². The molecule has 1 N–H and O–H groups in total. The second-order valence-electron chi connectivity index (χ2n) is 1.64. The molecule has 2 heteroatoms. The van der Waals surface area contributed by atoms with E-state index < -0.39 is 5.97 Å². The third-order valence-corrected chi connectivity index (χ3v) is 0.758. The van der Waals surface area contributed by atoms with Crippen LogP contribution in [0.2, 0.25) is 0 Å². The second kappa shape index (κ2) is 5.13. The van der Waals surface area contributed by atoms with E-state index in [4.69, 9.17) is 5.11 Å². The van der Waals surface area contributed by atoms with Gasteiger partial charge in [0.25, 0.3) is 0 Å². The fourth-order valence-corrected chi connectivity index (χ4v) is 0.358. The van der Waals surface area contributed by atoms with Gasteiger partial charge >= 0.3 is 5.97 Å². The molecule has 0 aliphatic carbocycles. The molecule has 0 atom stereocenters. The van der Waals surface area contributed by atoms with E-state index in [1.165, 1.54) is 0 Å². The van der Waals surface area contributed by atoms with Crippen LogP contribution in [0.1, 0.15) is 19.8 Å². The first-order valence-electron chi connectivity index (χ1n) is 2.91. The molecule has 9 heavy (non-hydrogen) atoms. The van der Waals surface area contributed by atoms with Crippen molar-refractivity contribution in [2.45, 2.75) is 19.8 Å². The molecule has 0 aliphatic heterocycles. The number of unbranched alkanes of at least 4 members (excludes halogenated alkanes) is 1. The zero-order chi connectivity index (χ0) is 7.11. The maximum absolute atomic E-state index is 9.82. The first-order valence-corrected chi connectivity index (χ1v) is 2.91. The molecule has 0 amide bonds. The summed E-state index contributed by atoms with van der Waals surface area (Å²) in [4.78, 5) is 9.82. The second-order valence-corrected chi connectivity index (χ2v) is 1.64. The molecule has 0 aromatic rings. The van der Waals surface area contributed by atoms with Crippen LogP contribution in [-0.2, 0) is 4.79 Å². The standard InChI is InChI=1S/C7H10O2/c1-2-3-4-5-6-7(8)9/h4,6H,2-3H2,1H3,(H,8,9). The van der Waals surface area contributed by atoms with E-state index in [1.807, 2.05) is 6.92 Å². The molecule has 0 spiro atoms. The van der Waals surface area contributed by atoms with Crippen LogP contribution < -0.4 is 0 Å². The summed E-state index contributed by atoms with van der Waals surface area (Å²) in [5.41, 5.74) is 2.54. The number of carboxylic acids is 1. The molecule has 0 fully saturated rings. The van der Waals surface area contributed by atoms with Crippen molar-refractivity contribution < 1.29 is 9.90 Å². The molecule has 0 aliphatic rings. The SMILES string of the molecule is CCCC=C=CC(=O)O. The van der Waals surface area contributed by atoms with Crippen LogP contribution in [-0.4, -0.2) is 11.1 Å². The number of rotatable bonds is 3. The number of hydrogen-bond donors (Lipinski definition) is 1. The third kappa shape index (κ3) is 6.99. The minimum atomic E-state index is -0.942. The fraction of sp³-hybridized carbons (Fsp3) is 0.429. The van der Waals surface area contributed by atoms with Gasteiger partial charge in [-0.05, 0) is 12.5 Å². The van der Waals surface area contributed by atoms with Crippen molar-refractivity contribution in [3.8, 4) is 0 Å². The third-order valence-electron chi connectivity index (χ3n) is 0.758. The zero-order valence-electron chi connectivity index (χ0n) is 5.42. The fourth-order valence-electron chi connectivity index (χ4n) is 0.358. The first-order chi connectivity index (χ1) is 4.27. The summed E-state index contributed by atoms with van der Waals surface area (Å²) in [6, 6.07) is 0. The van der Waals surface area contributed by atoms with Crippen LogP contribution in [0.25, 0.3) is 0 Å². The zero-order valence-corrected chi connectivity index (χ0v) is 5.42. The molecular weight excluding hydrogens is 116 g/mol. The van der Waals surface area contributed by atoms with Crippen LogP contribution in [0.5, 0.6) is 0 Å². The molecule has 0 unspecified atom stereocenters. The van der Waals surface area contributed by atoms with Gasteiger partial charge in [-0.1, -0.05) is 13.3 Å². The average molecular weight is 126 g/mol. The van der Waals surface area contributed by atoms with E-state index in [1.54, 1.807) is 6.08 Å². The van der Waals surface area contributed by atoms with Crippen LogP contribution in [0.4, 0.5) is 0 Å². The largest absolute Gasteiger partial charge is 0.478 e. The Balaban J connectivity index is 3.54. The summed E-state index contributed by atoms with van der Waals surface area (Å²) in [5, 5.41) is 8.07. The maximum atomic E-state index is 9.82. The van der Waals surface area contributed by atoms with E-state index in [9.17, 15) is 4.79 Å². The van der Waals surface area contributed by atoms with Crippen molar-refractivity contribution >= 4 is 5.97 Å². The molecule has 0 heterocycles. The summed E-state index contributed by atoms with van der Waals surface area (Å²) in [5.74, 6) is -0.942. The highest BCUT2D eigenvalue weighted by molar-refractivity contribution is 5.79. The summed E-state index contributed by atoms with van der Waals surface area (Å²) >= 11 is 0. The van der Waals surface area contributed by atoms with Crippen molar-refractivity contribution in [1.29, 1.82) is 0 Å². The molecule has 0 saturated carbocycles. The molecule has 0 saturated heterocycles. The van der Waals surface area contributed by atoms with Gasteiger partial charge in [0.15, 0.2) is 0 Å². The Morgan fingerprint density at radius 3 is 2.89 bits per heavy atom. The summed E-state index contributed by atoms with van der Waals surface area (Å²) in [6.07, 6.45) is 4.65. The van der Waals surface area contributed by atoms with Crippen LogP contribution in [0.15, 0.2) is 17.9 Å². The topological polar surface area (TPSA) is 37.3 Å². The quantitative estimate of drug-likeness (QED) is 0.460. The Kier molecular flexibility index (Phi) is 4.56. The van der Waals surface area contributed by atoms with Crippen molar-refractivity contribution in [2.75, 3.05) is 0 Å². The first kappa shape index (κ1) is 7.99. The van der Waals surface area contributed by atoms with Gasteiger partial charge in [0.2, 0.25) is 0 Å². The molecule has 0 bridgehead atoms. The molecule has 2 nitrogen and oxygen atoms in total. The van der Waals surface area contributed by atoms with Gasteiger partial charge in [-0.3, -0.25) is 0 Å². The van der Waals surface area contributed by atoms with Gasteiger partial charge in [-0.2, -0.15) is 0 Å². The highest BCUT2D eigenvalue weighted by Gasteiger charge is 1.78. The van der Waals surface area contributed by atoms with Crippen LogP contribution in [0, 0.1) is 0 Å². The molecular formula is C7H10O2. The highest BCUT2D eigenvalue weighted by Crippen LogP contribution is 1.84. The minimum Gasteiger partial charge on any atom is -0.478 e. The number of aliphatic carboxylic acids is 1. The Morgan fingerprint density at radius 1 is 1.78 bits per heavy atom. The predicted molar refractivity (Wildman–Crippen MR) is 35.2 cm³/mol. The number of hydrogen-bond acceptors (Lipinski definition) is 1. The Labute approximate surface area is 54.5 Å². The lowest BCUT2D eigenvalue weighted by Gasteiger charge is -1.75. The van der Waals surface area contributed by atoms with E-state index >= 15 is 0 Å². The maximum Gasteiger partial charge on any atom is 0.336 e. The molecule has 0 radical (unpaired) electrons. The van der Waals surface area contributed by atoms with Crippen LogP contribution >= 0.6 is 0 Å². The Hall–Kier alpha value is -1.01. The minimum absolute atomic E-state index is 0.893. The van der Waals surface area contributed by atoms with Crippen molar-refractivity contribution in [3.05, 3.63) is 17.9 Å². The lowest BCUT2D eigenvalue weighted by atomic mass is 10.3. The van der Waals surface area contributed by atoms with E-state index in [0.717, 1.165) is 18.9 Å². The van der Waals surface area contributed by atoms with E-state index in [2.05, 4.69) is 5.73 Å². The van der Waals surface area contributed by atoms with Crippen molar-refractivity contribution in [1.82, 2.24) is 0 Å². The van der Waals surface area contributed by atoms with E-state index in [-0.39, 0.29) is 0 Å². The smallest absolute Gasteiger partial charge is 0.336 e. The molecule has 0 rings (SSSR count). The van der Waals surface area contributed by atoms with Gasteiger partial charge in [0.1, 0.15) is 0 Å². The summed E-state index contributed by atoms with van der Waals surface area (Å²) in [6.45, 7) is 2.03. The Morgan fingerprint density at radius 2 is 2.44 bits per heavy atom. The van der Waals surface area contributed by atoms with Gasteiger partial charge in [0, 0.05) is 0 Å². The molecule has 0 aromatic carbocycles. The lowest BCUT2D eigenvalue weighted by Crippen LogP contribution is -1.83. The van der Waals surface area contributed by atoms with Gasteiger partial charge < -0.3 is 5.11 Å². The average Bonchev–Trinajstić information content (AvgIpc) is 1.80. The lowest BCUT2D eigenvalue weighted by molar-refractivity contribution is -0.131. The van der Waals surface area contributed by atoms with Crippen LogP contribution in [0.3, 0.4) is 0 Å². The number of carbonyl (C=O) groups is 1. The summed E-state index contributed by atoms with van der Waals surface area (Å²) in [7, 11) is 0.